The Labute approximate surface area is 220 Å². The Morgan fingerprint density at radius 3 is 2.34 bits per heavy atom. The largest absolute Gasteiger partial charge is 0.493 e. The maximum absolute atomic E-state index is 12.6. The fourth-order valence-corrected chi connectivity index (χ4v) is 4.31. The van der Waals surface area contributed by atoms with Gasteiger partial charge in [0.15, 0.2) is 11.5 Å². The van der Waals surface area contributed by atoms with Crippen molar-refractivity contribution in [2.75, 3.05) is 19.5 Å². The molecule has 5 rings (SSSR count). The summed E-state index contributed by atoms with van der Waals surface area (Å²) >= 11 is 0. The maximum Gasteiger partial charge on any atom is 0.411 e. The third-order valence-electron chi connectivity index (χ3n) is 6.37. The van der Waals surface area contributed by atoms with Crippen molar-refractivity contribution in [2.24, 2.45) is 0 Å². The predicted molar refractivity (Wildman–Crippen MR) is 149 cm³/mol. The number of hydrogen-bond donors (Lipinski definition) is 1. The zero-order valence-electron chi connectivity index (χ0n) is 21.7. The summed E-state index contributed by atoms with van der Waals surface area (Å²) in [6.07, 6.45) is 1.17. The van der Waals surface area contributed by atoms with Crippen LogP contribution >= 0.6 is 0 Å². The average Bonchev–Trinajstić information content (AvgIpc) is 2.93. The molecule has 0 saturated carbocycles. The van der Waals surface area contributed by atoms with Gasteiger partial charge >= 0.3 is 6.09 Å². The fourth-order valence-electron chi connectivity index (χ4n) is 4.31. The number of ether oxygens (including phenoxy) is 4. The van der Waals surface area contributed by atoms with E-state index in [4.69, 9.17) is 18.9 Å². The Kier molecular flexibility index (Phi) is 7.00. The molecule has 0 aliphatic rings. The number of anilines is 1. The standard InChI is InChI=1S/C31H28N2O5/c1-19-14-28(38-27-11-12-32-26-17-30(36-4)29(35-3)16-24(26)27)20(2)13-25(19)33-31(34)37-18-21-9-10-22-7-5-6-8-23(22)15-21/h5-17H,18H2,1-4H3,(H,33,34). The highest BCUT2D eigenvalue weighted by molar-refractivity contribution is 5.89. The van der Waals surface area contributed by atoms with Crippen molar-refractivity contribution in [1.29, 1.82) is 0 Å². The van der Waals surface area contributed by atoms with E-state index in [9.17, 15) is 4.79 Å². The van der Waals surface area contributed by atoms with Crippen molar-refractivity contribution in [1.82, 2.24) is 4.98 Å². The second-order valence-electron chi connectivity index (χ2n) is 8.95. The first-order chi connectivity index (χ1) is 18.4. The van der Waals surface area contributed by atoms with Crippen molar-refractivity contribution >= 4 is 33.5 Å². The number of amides is 1. The van der Waals surface area contributed by atoms with Gasteiger partial charge in [0.25, 0.3) is 0 Å². The van der Waals surface area contributed by atoms with Gasteiger partial charge in [-0.1, -0.05) is 36.4 Å². The summed E-state index contributed by atoms with van der Waals surface area (Å²) in [5, 5.41) is 5.90. The van der Waals surface area contributed by atoms with Gasteiger partial charge in [0.2, 0.25) is 0 Å². The fraction of sp³-hybridized carbons (Fsp3) is 0.161. The quantitative estimate of drug-likeness (QED) is 0.244. The van der Waals surface area contributed by atoms with Gasteiger partial charge in [-0.15, -0.1) is 0 Å². The highest BCUT2D eigenvalue weighted by atomic mass is 16.5. The van der Waals surface area contributed by atoms with Crippen LogP contribution < -0.4 is 19.5 Å². The number of aryl methyl sites for hydroxylation is 2. The number of fused-ring (bicyclic) bond motifs is 2. The normalized spacial score (nSPS) is 10.8. The minimum absolute atomic E-state index is 0.180. The average molecular weight is 509 g/mol. The van der Waals surface area contributed by atoms with Crippen LogP contribution in [0.4, 0.5) is 10.5 Å². The third-order valence-corrected chi connectivity index (χ3v) is 6.37. The SMILES string of the molecule is COc1cc2nccc(Oc3cc(C)c(NC(=O)OCc4ccc5ccccc5c4)cc3C)c2cc1OC. The van der Waals surface area contributed by atoms with Crippen molar-refractivity contribution in [2.45, 2.75) is 20.5 Å². The minimum Gasteiger partial charge on any atom is -0.493 e. The number of carbonyl (C=O) groups excluding carboxylic acids is 1. The molecule has 1 aromatic heterocycles. The molecule has 1 heterocycles. The van der Waals surface area contributed by atoms with Crippen LogP contribution in [0, 0.1) is 13.8 Å². The van der Waals surface area contributed by atoms with E-state index in [1.54, 1.807) is 26.5 Å². The number of pyridine rings is 1. The minimum atomic E-state index is -0.518. The maximum atomic E-state index is 12.6. The molecule has 0 atom stereocenters. The molecule has 1 N–H and O–H groups in total. The van der Waals surface area contributed by atoms with Gasteiger partial charge in [0, 0.05) is 23.3 Å². The van der Waals surface area contributed by atoms with E-state index < -0.39 is 6.09 Å². The number of rotatable bonds is 7. The third kappa shape index (κ3) is 5.18. The van der Waals surface area contributed by atoms with Crippen LogP contribution in [0.5, 0.6) is 23.0 Å². The van der Waals surface area contributed by atoms with E-state index in [1.807, 2.05) is 74.5 Å². The molecule has 5 aromatic rings. The topological polar surface area (TPSA) is 78.9 Å². The lowest BCUT2D eigenvalue weighted by Crippen LogP contribution is -2.14. The van der Waals surface area contributed by atoms with Crippen molar-refractivity contribution in [3.05, 3.63) is 95.7 Å². The van der Waals surface area contributed by atoms with E-state index in [2.05, 4.69) is 16.4 Å². The lowest BCUT2D eigenvalue weighted by Gasteiger charge is -2.16. The number of carbonyl (C=O) groups is 1. The van der Waals surface area contributed by atoms with Crippen molar-refractivity contribution in [3.8, 4) is 23.0 Å². The predicted octanol–water partition coefficient (Wildman–Crippen LogP) is 7.56. The Balaban J connectivity index is 1.30. The first kappa shape index (κ1) is 24.9. The van der Waals surface area contributed by atoms with E-state index in [0.717, 1.165) is 38.4 Å². The first-order valence-corrected chi connectivity index (χ1v) is 12.2. The number of benzene rings is 4. The molecule has 7 heteroatoms. The van der Waals surface area contributed by atoms with Crippen LogP contribution in [-0.4, -0.2) is 25.3 Å². The van der Waals surface area contributed by atoms with E-state index >= 15 is 0 Å². The highest BCUT2D eigenvalue weighted by Crippen LogP contribution is 2.38. The van der Waals surface area contributed by atoms with Crippen molar-refractivity contribution < 1.29 is 23.7 Å². The number of nitrogens with zero attached hydrogens (tertiary/aromatic N) is 1. The lowest BCUT2D eigenvalue weighted by atomic mass is 10.1. The molecule has 0 radical (unpaired) electrons. The molecule has 0 fully saturated rings. The summed E-state index contributed by atoms with van der Waals surface area (Å²) in [4.78, 5) is 17.0. The number of methoxy groups -OCH3 is 2. The summed E-state index contributed by atoms with van der Waals surface area (Å²) in [6, 6.07) is 23.3. The summed E-state index contributed by atoms with van der Waals surface area (Å²) in [7, 11) is 3.18. The number of nitrogens with one attached hydrogen (secondary N) is 1. The van der Waals surface area contributed by atoms with Gasteiger partial charge < -0.3 is 18.9 Å². The van der Waals surface area contributed by atoms with Gasteiger partial charge in [-0.2, -0.15) is 0 Å². The molecular formula is C31H28N2O5. The molecular weight excluding hydrogens is 480 g/mol. The van der Waals surface area contributed by atoms with Crippen molar-refractivity contribution in [3.63, 3.8) is 0 Å². The monoisotopic (exact) mass is 508 g/mol. The van der Waals surface area contributed by atoms with E-state index in [-0.39, 0.29) is 6.61 Å². The molecule has 38 heavy (non-hydrogen) atoms. The molecule has 192 valence electrons. The molecule has 1 amide bonds. The zero-order chi connectivity index (χ0) is 26.6. The van der Waals surface area contributed by atoms with Crippen LogP contribution in [-0.2, 0) is 11.3 Å². The van der Waals surface area contributed by atoms with Crippen LogP contribution in [0.3, 0.4) is 0 Å². The Hall–Kier alpha value is -4.78. The molecule has 4 aromatic carbocycles. The molecule has 7 nitrogen and oxygen atoms in total. The van der Waals surface area contributed by atoms with Crippen LogP contribution in [0.15, 0.2) is 79.0 Å². The molecule has 0 bridgehead atoms. The van der Waals surface area contributed by atoms with Gasteiger partial charge in [-0.05, 0) is 71.6 Å². The molecule has 0 unspecified atom stereocenters. The summed E-state index contributed by atoms with van der Waals surface area (Å²) < 4.78 is 22.6. The summed E-state index contributed by atoms with van der Waals surface area (Å²) in [5.74, 6) is 2.49. The second kappa shape index (κ2) is 10.7. The summed E-state index contributed by atoms with van der Waals surface area (Å²) in [6.45, 7) is 4.01. The smallest absolute Gasteiger partial charge is 0.411 e. The van der Waals surface area contributed by atoms with Gasteiger partial charge in [0.1, 0.15) is 18.1 Å². The second-order valence-corrected chi connectivity index (χ2v) is 8.95. The Bertz CT molecular complexity index is 1650. The first-order valence-electron chi connectivity index (χ1n) is 12.2. The van der Waals surface area contributed by atoms with Gasteiger partial charge in [-0.3, -0.25) is 10.3 Å². The molecule has 0 aliphatic heterocycles. The Morgan fingerprint density at radius 2 is 1.55 bits per heavy atom. The van der Waals surface area contributed by atoms with Gasteiger partial charge in [0.05, 0.1) is 19.7 Å². The summed E-state index contributed by atoms with van der Waals surface area (Å²) in [5.41, 5.74) is 4.00. The van der Waals surface area contributed by atoms with Gasteiger partial charge in [-0.25, -0.2) is 4.79 Å². The number of hydrogen-bond acceptors (Lipinski definition) is 6. The Morgan fingerprint density at radius 1 is 0.789 bits per heavy atom. The lowest BCUT2D eigenvalue weighted by molar-refractivity contribution is 0.155. The number of aromatic nitrogens is 1. The zero-order valence-corrected chi connectivity index (χ0v) is 21.7. The molecule has 0 saturated heterocycles. The van der Waals surface area contributed by atoms with Crippen LogP contribution in [0.1, 0.15) is 16.7 Å². The van der Waals surface area contributed by atoms with E-state index in [1.165, 1.54) is 0 Å². The van der Waals surface area contributed by atoms with E-state index in [0.29, 0.717) is 28.7 Å². The van der Waals surface area contributed by atoms with Crippen LogP contribution in [0.2, 0.25) is 0 Å². The molecule has 0 spiro atoms. The highest BCUT2D eigenvalue weighted by Gasteiger charge is 2.14. The van der Waals surface area contributed by atoms with Crippen LogP contribution in [0.25, 0.3) is 21.7 Å². The molecule has 0 aliphatic carbocycles.